The van der Waals surface area contributed by atoms with Crippen molar-refractivity contribution in [2.75, 3.05) is 7.11 Å². The molecule has 0 aliphatic heterocycles. The fraction of sp³-hybridized carbons (Fsp3) is 0.167. The zero-order valence-electron chi connectivity index (χ0n) is 9.74. The molecule has 2 rings (SSSR count). The first-order valence-corrected chi connectivity index (χ1v) is 5.27. The molecule has 0 bridgehead atoms. The molecule has 0 aliphatic carbocycles. The van der Waals surface area contributed by atoms with Gasteiger partial charge in [-0.2, -0.15) is 5.10 Å². The van der Waals surface area contributed by atoms with Gasteiger partial charge in [0.1, 0.15) is 12.2 Å². The Bertz CT molecular complexity index is 607. The van der Waals surface area contributed by atoms with Crippen molar-refractivity contribution in [2.24, 2.45) is 0 Å². The summed E-state index contributed by atoms with van der Waals surface area (Å²) in [5.41, 5.74) is 0.801. The van der Waals surface area contributed by atoms with E-state index in [1.807, 2.05) is 6.07 Å². The molecule has 0 saturated carbocycles. The van der Waals surface area contributed by atoms with E-state index in [1.165, 1.54) is 13.2 Å². The van der Waals surface area contributed by atoms with Crippen molar-refractivity contribution in [2.45, 2.75) is 6.54 Å². The van der Waals surface area contributed by atoms with Gasteiger partial charge in [-0.3, -0.25) is 14.6 Å². The molecule has 0 aromatic carbocycles. The summed E-state index contributed by atoms with van der Waals surface area (Å²) in [7, 11) is 1.26. The van der Waals surface area contributed by atoms with Crippen LogP contribution < -0.4 is 5.56 Å². The van der Waals surface area contributed by atoms with Gasteiger partial charge in [0, 0.05) is 12.3 Å². The van der Waals surface area contributed by atoms with Crippen LogP contribution >= 0.6 is 0 Å². The van der Waals surface area contributed by atoms with Gasteiger partial charge < -0.3 is 4.74 Å². The van der Waals surface area contributed by atoms with E-state index in [9.17, 15) is 9.59 Å². The highest BCUT2D eigenvalue weighted by atomic mass is 16.5. The van der Waals surface area contributed by atoms with Crippen LogP contribution in [0.25, 0.3) is 11.4 Å². The molecule has 92 valence electrons. The summed E-state index contributed by atoms with van der Waals surface area (Å²) in [5, 5.41) is 4.07. The number of ether oxygens (including phenoxy) is 1. The first-order valence-electron chi connectivity index (χ1n) is 5.27. The predicted octanol–water partition coefficient (Wildman–Crippen LogP) is 0.478. The number of methoxy groups -OCH3 is 1. The van der Waals surface area contributed by atoms with Crippen LogP contribution in [0, 0.1) is 0 Å². The Morgan fingerprint density at radius 3 is 2.78 bits per heavy atom. The number of carbonyl (C=O) groups is 1. The summed E-state index contributed by atoms with van der Waals surface area (Å²) >= 11 is 0. The summed E-state index contributed by atoms with van der Waals surface area (Å²) in [4.78, 5) is 26.8. The highest BCUT2D eigenvalue weighted by Gasteiger charge is 2.07. The molecule has 0 unspecified atom stereocenters. The largest absolute Gasteiger partial charge is 0.468 e. The highest BCUT2D eigenvalue weighted by Crippen LogP contribution is 2.10. The lowest BCUT2D eigenvalue weighted by atomic mass is 10.2. The van der Waals surface area contributed by atoms with Gasteiger partial charge in [0.25, 0.3) is 5.56 Å². The SMILES string of the molecule is COC(=O)Cn1nc(-c2ccccn2)ccc1=O. The predicted molar refractivity (Wildman–Crippen MR) is 63.7 cm³/mol. The molecule has 0 radical (unpaired) electrons. The minimum absolute atomic E-state index is 0.212. The summed E-state index contributed by atoms with van der Waals surface area (Å²) in [5.74, 6) is -0.525. The fourth-order valence-corrected chi connectivity index (χ4v) is 1.40. The van der Waals surface area contributed by atoms with Crippen molar-refractivity contribution in [1.82, 2.24) is 14.8 Å². The first-order chi connectivity index (χ1) is 8.70. The summed E-state index contributed by atoms with van der Waals surface area (Å²) in [6.45, 7) is -0.212. The molecule has 18 heavy (non-hydrogen) atoms. The Balaban J connectivity index is 2.38. The molecule has 2 aromatic heterocycles. The van der Waals surface area contributed by atoms with Gasteiger partial charge >= 0.3 is 5.97 Å². The van der Waals surface area contributed by atoms with Crippen molar-refractivity contribution in [3.05, 3.63) is 46.9 Å². The second kappa shape index (κ2) is 5.22. The summed E-state index contributed by atoms with van der Waals surface area (Å²) < 4.78 is 5.55. The van der Waals surface area contributed by atoms with Gasteiger partial charge in [0.2, 0.25) is 0 Å². The third kappa shape index (κ3) is 2.60. The molecule has 0 N–H and O–H groups in total. The lowest BCUT2D eigenvalue weighted by Crippen LogP contribution is -2.26. The summed E-state index contributed by atoms with van der Waals surface area (Å²) in [6.07, 6.45) is 1.63. The average Bonchev–Trinajstić information content (AvgIpc) is 2.42. The van der Waals surface area contributed by atoms with Gasteiger partial charge in [0.15, 0.2) is 0 Å². The maximum atomic E-state index is 11.5. The van der Waals surface area contributed by atoms with Gasteiger partial charge in [-0.05, 0) is 18.2 Å². The molecular formula is C12H11N3O3. The Labute approximate surface area is 103 Å². The Morgan fingerprint density at radius 1 is 1.28 bits per heavy atom. The number of hydrogen-bond donors (Lipinski definition) is 0. The lowest BCUT2D eigenvalue weighted by Gasteiger charge is -2.05. The normalized spacial score (nSPS) is 10.1. The monoisotopic (exact) mass is 245 g/mol. The van der Waals surface area contributed by atoms with Gasteiger partial charge in [0.05, 0.1) is 12.8 Å². The molecule has 0 atom stereocenters. The van der Waals surface area contributed by atoms with E-state index in [0.717, 1.165) is 4.68 Å². The Kier molecular flexibility index (Phi) is 3.47. The standard InChI is InChI=1S/C12H11N3O3/c1-18-12(17)8-15-11(16)6-5-10(14-15)9-4-2-3-7-13-9/h2-7H,8H2,1H3. The number of hydrogen-bond acceptors (Lipinski definition) is 5. The van der Waals surface area contributed by atoms with Crippen LogP contribution in [-0.2, 0) is 16.1 Å². The van der Waals surface area contributed by atoms with Crippen LogP contribution in [0.5, 0.6) is 0 Å². The summed E-state index contributed by atoms with van der Waals surface area (Å²) in [6, 6.07) is 8.29. The minimum atomic E-state index is -0.525. The molecular weight excluding hydrogens is 234 g/mol. The second-order valence-corrected chi connectivity index (χ2v) is 3.51. The van der Waals surface area contributed by atoms with E-state index in [1.54, 1.807) is 24.4 Å². The van der Waals surface area contributed by atoms with Gasteiger partial charge in [-0.25, -0.2) is 4.68 Å². The molecule has 0 saturated heterocycles. The quantitative estimate of drug-likeness (QED) is 0.735. The maximum Gasteiger partial charge on any atom is 0.327 e. The fourth-order valence-electron chi connectivity index (χ4n) is 1.40. The zero-order valence-corrected chi connectivity index (χ0v) is 9.74. The van der Waals surface area contributed by atoms with Crippen LogP contribution in [-0.4, -0.2) is 27.8 Å². The number of nitrogens with zero attached hydrogens (tertiary/aromatic N) is 3. The van der Waals surface area contributed by atoms with Crippen LogP contribution in [0.3, 0.4) is 0 Å². The van der Waals surface area contributed by atoms with Crippen LogP contribution in [0.1, 0.15) is 0 Å². The molecule has 6 nitrogen and oxygen atoms in total. The van der Waals surface area contributed by atoms with Gasteiger partial charge in [-0.15, -0.1) is 0 Å². The number of rotatable bonds is 3. The van der Waals surface area contributed by atoms with Crippen molar-refractivity contribution in [1.29, 1.82) is 0 Å². The van der Waals surface area contributed by atoms with E-state index in [2.05, 4.69) is 14.8 Å². The van der Waals surface area contributed by atoms with E-state index < -0.39 is 5.97 Å². The molecule has 2 aromatic rings. The number of esters is 1. The van der Waals surface area contributed by atoms with E-state index >= 15 is 0 Å². The third-order valence-corrected chi connectivity index (χ3v) is 2.30. The molecule has 0 amide bonds. The number of aromatic nitrogens is 3. The number of carbonyl (C=O) groups excluding carboxylic acids is 1. The average molecular weight is 245 g/mol. The molecule has 0 fully saturated rings. The lowest BCUT2D eigenvalue weighted by molar-refractivity contribution is -0.141. The van der Waals surface area contributed by atoms with Crippen molar-refractivity contribution >= 4 is 5.97 Å². The van der Waals surface area contributed by atoms with E-state index in [0.29, 0.717) is 11.4 Å². The smallest absolute Gasteiger partial charge is 0.327 e. The molecule has 2 heterocycles. The van der Waals surface area contributed by atoms with Crippen LogP contribution in [0.4, 0.5) is 0 Å². The molecule has 0 spiro atoms. The number of pyridine rings is 1. The van der Waals surface area contributed by atoms with Crippen molar-refractivity contribution < 1.29 is 9.53 Å². The van der Waals surface area contributed by atoms with Crippen LogP contribution in [0.2, 0.25) is 0 Å². The van der Waals surface area contributed by atoms with Gasteiger partial charge in [-0.1, -0.05) is 6.07 Å². The maximum absolute atomic E-state index is 11.5. The van der Waals surface area contributed by atoms with Crippen molar-refractivity contribution in [3.63, 3.8) is 0 Å². The minimum Gasteiger partial charge on any atom is -0.468 e. The Hall–Kier alpha value is -2.50. The zero-order chi connectivity index (χ0) is 13.0. The topological polar surface area (TPSA) is 74.1 Å². The first kappa shape index (κ1) is 12.0. The second-order valence-electron chi connectivity index (χ2n) is 3.51. The Morgan fingerprint density at radius 2 is 2.11 bits per heavy atom. The third-order valence-electron chi connectivity index (χ3n) is 2.30. The molecule has 0 aliphatic rings. The van der Waals surface area contributed by atoms with E-state index in [4.69, 9.17) is 0 Å². The van der Waals surface area contributed by atoms with E-state index in [-0.39, 0.29) is 12.1 Å². The van der Waals surface area contributed by atoms with Crippen molar-refractivity contribution in [3.8, 4) is 11.4 Å². The molecule has 6 heteroatoms. The van der Waals surface area contributed by atoms with Crippen LogP contribution in [0.15, 0.2) is 41.3 Å². The highest BCUT2D eigenvalue weighted by molar-refractivity contribution is 5.68.